The molecule has 0 aliphatic heterocycles. The number of hydrogen-bond acceptors (Lipinski definition) is 1. The lowest BCUT2D eigenvalue weighted by Crippen LogP contribution is -2.31. The maximum Gasteiger partial charge on any atom is 0.104 e. The Hall–Kier alpha value is -0.430. The number of alkyl halides is 1. The summed E-state index contributed by atoms with van der Waals surface area (Å²) in [7, 11) is 0. The highest BCUT2D eigenvalue weighted by Gasteiger charge is 2.35. The lowest BCUT2D eigenvalue weighted by atomic mass is 9.68. The molecule has 102 valence electrons. The second kappa shape index (κ2) is 6.65. The lowest BCUT2D eigenvalue weighted by Gasteiger charge is -2.38. The molecule has 18 heavy (non-hydrogen) atoms. The van der Waals surface area contributed by atoms with Crippen molar-refractivity contribution in [1.29, 1.82) is 0 Å². The monoisotopic (exact) mass is 268 g/mol. The maximum absolute atomic E-state index is 6.26. The highest BCUT2D eigenvalue weighted by Crippen LogP contribution is 2.43. The van der Waals surface area contributed by atoms with Gasteiger partial charge in [-0.1, -0.05) is 26.2 Å². The molecule has 1 saturated carbocycles. The van der Waals surface area contributed by atoms with E-state index >= 15 is 0 Å². The van der Waals surface area contributed by atoms with Crippen LogP contribution >= 0.6 is 11.6 Å². The molecule has 1 aromatic rings. The van der Waals surface area contributed by atoms with E-state index in [1.807, 2.05) is 6.07 Å². The van der Waals surface area contributed by atoms with Crippen LogP contribution in [0.15, 0.2) is 22.8 Å². The minimum atomic E-state index is 0.294. The molecule has 0 aromatic carbocycles. The average molecular weight is 269 g/mol. The zero-order valence-corrected chi connectivity index (χ0v) is 12.2. The summed E-state index contributed by atoms with van der Waals surface area (Å²) in [5.41, 5.74) is 0.294. The molecule has 1 heterocycles. The van der Waals surface area contributed by atoms with Gasteiger partial charge >= 0.3 is 0 Å². The minimum absolute atomic E-state index is 0.294. The number of rotatable bonds is 6. The Bertz CT molecular complexity index is 323. The van der Waals surface area contributed by atoms with Crippen LogP contribution in [0.5, 0.6) is 0 Å². The number of halogens is 1. The van der Waals surface area contributed by atoms with Crippen LogP contribution in [-0.4, -0.2) is 5.88 Å². The summed E-state index contributed by atoms with van der Waals surface area (Å²) in [5.74, 6) is 2.81. The Morgan fingerprint density at radius 1 is 1.39 bits per heavy atom. The van der Waals surface area contributed by atoms with Crippen molar-refractivity contribution < 1.29 is 4.42 Å². The Morgan fingerprint density at radius 3 is 2.72 bits per heavy atom. The molecule has 2 rings (SSSR count). The summed E-state index contributed by atoms with van der Waals surface area (Å²) in [6.45, 7) is 2.28. The van der Waals surface area contributed by atoms with Crippen molar-refractivity contribution in [2.24, 2.45) is 11.3 Å². The maximum atomic E-state index is 6.26. The van der Waals surface area contributed by atoms with Crippen LogP contribution in [0.3, 0.4) is 0 Å². The number of furan rings is 1. The van der Waals surface area contributed by atoms with Gasteiger partial charge in [-0.05, 0) is 49.1 Å². The molecular weight excluding hydrogens is 244 g/mol. The van der Waals surface area contributed by atoms with Crippen LogP contribution in [0, 0.1) is 11.3 Å². The summed E-state index contributed by atoms with van der Waals surface area (Å²) >= 11 is 6.26. The molecule has 0 spiro atoms. The van der Waals surface area contributed by atoms with E-state index in [0.717, 1.165) is 24.0 Å². The molecule has 0 saturated heterocycles. The van der Waals surface area contributed by atoms with E-state index < -0.39 is 0 Å². The van der Waals surface area contributed by atoms with Gasteiger partial charge in [-0.2, -0.15) is 0 Å². The molecule has 0 atom stereocenters. The van der Waals surface area contributed by atoms with Crippen LogP contribution in [0.25, 0.3) is 0 Å². The summed E-state index contributed by atoms with van der Waals surface area (Å²) < 4.78 is 5.50. The molecule has 0 N–H and O–H groups in total. The van der Waals surface area contributed by atoms with E-state index in [2.05, 4.69) is 13.0 Å². The highest BCUT2D eigenvalue weighted by molar-refractivity contribution is 6.18. The predicted octanol–water partition coefficient (Wildman–Crippen LogP) is 5.43. The standard InChI is InChI=1S/C16H25ClO/c1-2-3-5-14-7-9-16(13-17,10-8-14)12-15-6-4-11-18-15/h4,6,11,14H,2-3,5,7-10,12-13H2,1H3. The third-order valence-corrected chi connectivity index (χ3v) is 5.11. The van der Waals surface area contributed by atoms with Crippen LogP contribution < -0.4 is 0 Å². The first-order valence-corrected chi connectivity index (χ1v) is 7.90. The predicted molar refractivity (Wildman–Crippen MR) is 77.0 cm³/mol. The Labute approximate surface area is 116 Å². The Balaban J connectivity index is 1.87. The van der Waals surface area contributed by atoms with Crippen LogP contribution in [0.2, 0.25) is 0 Å². The first-order valence-electron chi connectivity index (χ1n) is 7.36. The van der Waals surface area contributed by atoms with Gasteiger partial charge in [0, 0.05) is 12.3 Å². The largest absolute Gasteiger partial charge is 0.469 e. The van der Waals surface area contributed by atoms with E-state index in [4.69, 9.17) is 16.0 Å². The summed E-state index contributed by atoms with van der Waals surface area (Å²) in [6.07, 6.45) is 12.2. The van der Waals surface area contributed by atoms with Crippen molar-refractivity contribution in [2.75, 3.05) is 5.88 Å². The zero-order valence-electron chi connectivity index (χ0n) is 11.5. The lowest BCUT2D eigenvalue weighted by molar-refractivity contribution is 0.158. The average Bonchev–Trinajstić information content (AvgIpc) is 2.91. The topological polar surface area (TPSA) is 13.1 Å². The molecule has 1 aliphatic carbocycles. The van der Waals surface area contributed by atoms with E-state index in [1.165, 1.54) is 44.9 Å². The summed E-state index contributed by atoms with van der Waals surface area (Å²) in [5, 5.41) is 0. The molecule has 1 nitrogen and oxygen atoms in total. The van der Waals surface area contributed by atoms with E-state index in [1.54, 1.807) is 6.26 Å². The number of unbranched alkanes of at least 4 members (excludes halogenated alkanes) is 1. The molecule has 0 bridgehead atoms. The fraction of sp³-hybridized carbons (Fsp3) is 0.750. The normalized spacial score (nSPS) is 28.4. The van der Waals surface area contributed by atoms with Gasteiger partial charge in [0.15, 0.2) is 0 Å². The van der Waals surface area contributed by atoms with Crippen LogP contribution in [0.4, 0.5) is 0 Å². The van der Waals surface area contributed by atoms with Crippen molar-refractivity contribution in [3.63, 3.8) is 0 Å². The van der Waals surface area contributed by atoms with E-state index in [9.17, 15) is 0 Å². The van der Waals surface area contributed by atoms with Crippen LogP contribution in [-0.2, 0) is 6.42 Å². The second-order valence-corrected chi connectivity index (χ2v) is 6.24. The number of hydrogen-bond donors (Lipinski definition) is 0. The van der Waals surface area contributed by atoms with Gasteiger partial charge in [-0.15, -0.1) is 11.6 Å². The van der Waals surface area contributed by atoms with Gasteiger partial charge in [-0.3, -0.25) is 0 Å². The third kappa shape index (κ3) is 3.54. The smallest absolute Gasteiger partial charge is 0.104 e. The first-order chi connectivity index (χ1) is 8.78. The molecule has 2 heteroatoms. The van der Waals surface area contributed by atoms with Crippen molar-refractivity contribution in [3.05, 3.63) is 24.2 Å². The second-order valence-electron chi connectivity index (χ2n) is 5.98. The van der Waals surface area contributed by atoms with Crippen molar-refractivity contribution in [3.8, 4) is 0 Å². The van der Waals surface area contributed by atoms with Gasteiger partial charge in [-0.25, -0.2) is 0 Å². The SMILES string of the molecule is CCCCC1CCC(CCl)(Cc2ccco2)CC1. The molecule has 0 radical (unpaired) electrons. The van der Waals surface area contributed by atoms with Crippen LogP contribution in [0.1, 0.15) is 57.6 Å². The molecule has 0 amide bonds. The van der Waals surface area contributed by atoms with E-state index in [-0.39, 0.29) is 0 Å². The van der Waals surface area contributed by atoms with Crippen molar-refractivity contribution in [2.45, 2.75) is 58.3 Å². The Kier molecular flexibility index (Phi) is 5.17. The first kappa shape index (κ1) is 14.0. The fourth-order valence-corrected chi connectivity index (χ4v) is 3.57. The van der Waals surface area contributed by atoms with Crippen molar-refractivity contribution in [1.82, 2.24) is 0 Å². The Morgan fingerprint density at radius 2 is 2.17 bits per heavy atom. The fourth-order valence-electron chi connectivity index (χ4n) is 3.21. The summed E-state index contributed by atoms with van der Waals surface area (Å²) in [6, 6.07) is 4.06. The molecule has 1 aromatic heterocycles. The van der Waals surface area contributed by atoms with Gasteiger partial charge < -0.3 is 4.42 Å². The third-order valence-electron chi connectivity index (χ3n) is 4.54. The molecule has 1 fully saturated rings. The summed E-state index contributed by atoms with van der Waals surface area (Å²) in [4.78, 5) is 0. The minimum Gasteiger partial charge on any atom is -0.469 e. The highest BCUT2D eigenvalue weighted by atomic mass is 35.5. The quantitative estimate of drug-likeness (QED) is 0.627. The molecular formula is C16H25ClO. The van der Waals surface area contributed by atoms with Crippen molar-refractivity contribution >= 4 is 11.6 Å². The van der Waals surface area contributed by atoms with Gasteiger partial charge in [0.25, 0.3) is 0 Å². The molecule has 0 unspecified atom stereocenters. The van der Waals surface area contributed by atoms with Gasteiger partial charge in [0.1, 0.15) is 5.76 Å². The van der Waals surface area contributed by atoms with E-state index in [0.29, 0.717) is 5.41 Å². The molecule has 1 aliphatic rings. The van der Waals surface area contributed by atoms with Gasteiger partial charge in [0.2, 0.25) is 0 Å². The zero-order chi connectivity index (χ0) is 12.8. The van der Waals surface area contributed by atoms with Gasteiger partial charge in [0.05, 0.1) is 6.26 Å².